The van der Waals surface area contributed by atoms with Crippen molar-refractivity contribution in [1.82, 2.24) is 20.3 Å². The minimum Gasteiger partial charge on any atom is -0.361 e. The topological polar surface area (TPSA) is 56.9 Å². The Morgan fingerprint density at radius 3 is 2.52 bits per heavy atom. The van der Waals surface area contributed by atoms with Gasteiger partial charge in [0.05, 0.1) is 5.69 Å². The fourth-order valence-corrected chi connectivity index (χ4v) is 5.41. The summed E-state index contributed by atoms with van der Waals surface area (Å²) in [6.07, 6.45) is 6.83. The highest BCUT2D eigenvalue weighted by Crippen LogP contribution is 2.46. The second-order valence-electron chi connectivity index (χ2n) is 8.29. The lowest BCUT2D eigenvalue weighted by Gasteiger charge is -2.42. The fraction of sp³-hybridized carbons (Fsp3) is 0.800. The van der Waals surface area contributed by atoms with Gasteiger partial charge in [-0.15, -0.1) is 24.0 Å². The zero-order valence-electron chi connectivity index (χ0n) is 16.9. The summed E-state index contributed by atoms with van der Waals surface area (Å²) in [5.74, 6) is 3.98. The van der Waals surface area contributed by atoms with Gasteiger partial charge in [-0.2, -0.15) is 0 Å². The van der Waals surface area contributed by atoms with Gasteiger partial charge in [0, 0.05) is 51.4 Å². The summed E-state index contributed by atoms with van der Waals surface area (Å²) in [6, 6.07) is 0.866. The number of halogens is 1. The number of nitrogens with zero attached hydrogens (tertiary/aromatic N) is 4. The van der Waals surface area contributed by atoms with Crippen molar-refractivity contribution in [3.63, 3.8) is 0 Å². The molecule has 0 spiro atoms. The third-order valence-corrected chi connectivity index (χ3v) is 6.83. The molecule has 27 heavy (non-hydrogen) atoms. The van der Waals surface area contributed by atoms with Crippen LogP contribution in [0.25, 0.3) is 0 Å². The highest BCUT2D eigenvalue weighted by molar-refractivity contribution is 14.0. The molecule has 1 saturated heterocycles. The minimum absolute atomic E-state index is 0. The van der Waals surface area contributed by atoms with Gasteiger partial charge in [-0.25, -0.2) is 0 Å². The molecule has 3 aliphatic rings. The average molecular weight is 487 g/mol. The van der Waals surface area contributed by atoms with E-state index in [9.17, 15) is 0 Å². The predicted octanol–water partition coefficient (Wildman–Crippen LogP) is 2.83. The molecule has 3 fully saturated rings. The second kappa shape index (κ2) is 9.11. The van der Waals surface area contributed by atoms with E-state index in [1.54, 1.807) is 0 Å². The molecule has 1 N–H and O–H groups in total. The molecule has 1 aromatic rings. The molecule has 4 rings (SSSR count). The van der Waals surface area contributed by atoms with Gasteiger partial charge < -0.3 is 14.7 Å². The first kappa shape index (κ1) is 20.9. The average Bonchev–Trinajstić information content (AvgIpc) is 3.37. The Bertz CT molecular complexity index is 633. The van der Waals surface area contributed by atoms with E-state index >= 15 is 0 Å². The van der Waals surface area contributed by atoms with E-state index < -0.39 is 0 Å². The second-order valence-corrected chi connectivity index (χ2v) is 8.29. The Kier molecular flexibility index (Phi) is 7.05. The maximum absolute atomic E-state index is 5.25. The smallest absolute Gasteiger partial charge is 0.193 e. The number of piperazine rings is 1. The first-order valence-corrected chi connectivity index (χ1v) is 10.3. The fourth-order valence-electron chi connectivity index (χ4n) is 5.41. The van der Waals surface area contributed by atoms with Crippen molar-refractivity contribution in [3.8, 4) is 0 Å². The normalized spacial score (nSPS) is 28.5. The van der Waals surface area contributed by atoms with Crippen LogP contribution >= 0.6 is 24.0 Å². The number of fused-ring (bicyclic) bond motifs is 2. The van der Waals surface area contributed by atoms with Crippen LogP contribution < -0.4 is 5.32 Å². The van der Waals surface area contributed by atoms with Gasteiger partial charge in [-0.1, -0.05) is 11.6 Å². The Morgan fingerprint density at radius 2 is 1.96 bits per heavy atom. The summed E-state index contributed by atoms with van der Waals surface area (Å²) < 4.78 is 5.25. The van der Waals surface area contributed by atoms with Crippen molar-refractivity contribution in [2.45, 2.75) is 52.0 Å². The maximum atomic E-state index is 5.25. The molecule has 2 aliphatic carbocycles. The van der Waals surface area contributed by atoms with Gasteiger partial charge in [0.15, 0.2) is 5.96 Å². The van der Waals surface area contributed by atoms with Crippen molar-refractivity contribution < 1.29 is 4.52 Å². The Labute approximate surface area is 180 Å². The minimum atomic E-state index is 0. The number of hydrogen-bond acceptors (Lipinski definition) is 4. The van der Waals surface area contributed by atoms with Crippen LogP contribution in [0.2, 0.25) is 0 Å². The van der Waals surface area contributed by atoms with Gasteiger partial charge in [-0.05, 0) is 51.4 Å². The zero-order valence-corrected chi connectivity index (χ0v) is 19.2. The van der Waals surface area contributed by atoms with Crippen molar-refractivity contribution in [2.75, 3.05) is 39.8 Å². The summed E-state index contributed by atoms with van der Waals surface area (Å²) in [5, 5.41) is 7.57. The number of hydrogen-bond donors (Lipinski definition) is 1. The van der Waals surface area contributed by atoms with Gasteiger partial charge in [-0.3, -0.25) is 9.89 Å². The molecule has 152 valence electrons. The quantitative estimate of drug-likeness (QED) is 0.402. The molecule has 3 atom stereocenters. The molecule has 3 unspecified atom stereocenters. The van der Waals surface area contributed by atoms with Crippen molar-refractivity contribution >= 4 is 29.9 Å². The number of aromatic nitrogens is 1. The van der Waals surface area contributed by atoms with Crippen LogP contribution in [0, 0.1) is 25.7 Å². The van der Waals surface area contributed by atoms with Crippen LogP contribution in [-0.4, -0.2) is 66.7 Å². The Balaban J connectivity index is 0.00000210. The van der Waals surface area contributed by atoms with Gasteiger partial charge >= 0.3 is 0 Å². The summed E-state index contributed by atoms with van der Waals surface area (Å²) in [6.45, 7) is 9.38. The molecule has 0 amide bonds. The van der Waals surface area contributed by atoms with Crippen molar-refractivity contribution in [2.24, 2.45) is 16.8 Å². The summed E-state index contributed by atoms with van der Waals surface area (Å²) in [5.41, 5.74) is 2.22. The summed E-state index contributed by atoms with van der Waals surface area (Å²) >= 11 is 0. The van der Waals surface area contributed by atoms with E-state index in [2.05, 4.69) is 25.3 Å². The number of guanidine groups is 1. The molecular weight excluding hydrogens is 453 g/mol. The number of nitrogens with one attached hydrogen (secondary N) is 1. The molecule has 0 aromatic carbocycles. The van der Waals surface area contributed by atoms with Crippen molar-refractivity contribution in [1.29, 1.82) is 0 Å². The van der Waals surface area contributed by atoms with Crippen LogP contribution in [0.1, 0.15) is 42.7 Å². The lowest BCUT2D eigenvalue weighted by molar-refractivity contribution is 0.0959. The van der Waals surface area contributed by atoms with Gasteiger partial charge in [0.2, 0.25) is 0 Å². The molecule has 2 heterocycles. The van der Waals surface area contributed by atoms with Crippen LogP contribution in [0.5, 0.6) is 0 Å². The first-order chi connectivity index (χ1) is 12.7. The molecule has 2 saturated carbocycles. The number of rotatable bonds is 4. The highest BCUT2D eigenvalue weighted by Gasteiger charge is 2.42. The Morgan fingerprint density at radius 1 is 1.19 bits per heavy atom. The van der Waals surface area contributed by atoms with E-state index in [0.29, 0.717) is 0 Å². The molecule has 7 heteroatoms. The molecule has 1 aromatic heterocycles. The summed E-state index contributed by atoms with van der Waals surface area (Å²) in [4.78, 5) is 9.69. The van der Waals surface area contributed by atoms with Crippen LogP contribution in [0.4, 0.5) is 0 Å². The lowest BCUT2D eigenvalue weighted by atomic mass is 9.93. The first-order valence-electron chi connectivity index (χ1n) is 10.3. The monoisotopic (exact) mass is 487 g/mol. The lowest BCUT2D eigenvalue weighted by Crippen LogP contribution is -2.55. The number of aliphatic imine (C=N–C) groups is 1. The third-order valence-electron chi connectivity index (χ3n) is 6.83. The molecule has 6 nitrogen and oxygen atoms in total. The van der Waals surface area contributed by atoms with Crippen molar-refractivity contribution in [3.05, 3.63) is 17.0 Å². The van der Waals surface area contributed by atoms with Crippen LogP contribution in [0.3, 0.4) is 0 Å². The molecule has 2 bridgehead atoms. The highest BCUT2D eigenvalue weighted by atomic mass is 127. The maximum Gasteiger partial charge on any atom is 0.193 e. The van der Waals surface area contributed by atoms with E-state index in [1.807, 2.05) is 20.9 Å². The molecular formula is C20H34IN5O. The molecule has 1 aliphatic heterocycles. The SMILES string of the molecule is CN=C(NCCc1c(C)noc1C)N1CCN(C2CC3CCC2C3)CC1.I. The molecule has 0 radical (unpaired) electrons. The van der Waals surface area contributed by atoms with Gasteiger partial charge in [0.25, 0.3) is 0 Å². The Hall–Kier alpha value is -0.830. The predicted molar refractivity (Wildman–Crippen MR) is 119 cm³/mol. The number of aryl methyl sites for hydroxylation is 2. The standard InChI is InChI=1S/C20H33N5O.HI/c1-14-18(15(2)26-23-14)6-7-22-20(21-3)25-10-8-24(9-11-25)19-13-16-4-5-17(19)12-16;/h16-17,19H,4-13H2,1-3H3,(H,21,22);1H. The van der Waals surface area contributed by atoms with E-state index in [4.69, 9.17) is 4.52 Å². The van der Waals surface area contributed by atoms with Gasteiger partial charge in [0.1, 0.15) is 5.76 Å². The zero-order chi connectivity index (χ0) is 18.1. The van der Waals surface area contributed by atoms with E-state index in [0.717, 1.165) is 61.3 Å². The van der Waals surface area contributed by atoms with Crippen LogP contribution in [-0.2, 0) is 6.42 Å². The summed E-state index contributed by atoms with van der Waals surface area (Å²) in [7, 11) is 1.89. The van der Waals surface area contributed by atoms with E-state index in [1.165, 1.54) is 44.3 Å². The van der Waals surface area contributed by atoms with Crippen LogP contribution in [0.15, 0.2) is 9.52 Å². The van der Waals surface area contributed by atoms with E-state index in [-0.39, 0.29) is 24.0 Å². The third kappa shape index (κ3) is 4.44. The largest absolute Gasteiger partial charge is 0.361 e.